The minimum absolute atomic E-state index is 0.620. The summed E-state index contributed by atoms with van der Waals surface area (Å²) in [6.45, 7) is 0. The Labute approximate surface area is 99.0 Å². The number of hydrogen-bond acceptors (Lipinski definition) is 0. The number of halogens is 3. The largest absolute Gasteiger partial charge is 0.122 e. The molecule has 1 aromatic carbocycles. The van der Waals surface area contributed by atoms with Crippen LogP contribution in [0.3, 0.4) is 0 Å². The van der Waals surface area contributed by atoms with Crippen molar-refractivity contribution in [3.8, 4) is 0 Å². The summed E-state index contributed by atoms with van der Waals surface area (Å²) in [5.41, 5.74) is 2.61. The molecule has 0 aliphatic heterocycles. The van der Waals surface area contributed by atoms with Crippen molar-refractivity contribution >= 4 is 56.8 Å². The fourth-order valence-corrected chi connectivity index (χ4v) is 2.40. The topological polar surface area (TPSA) is 0 Å². The van der Waals surface area contributed by atoms with Crippen molar-refractivity contribution in [2.75, 3.05) is 0 Å². The van der Waals surface area contributed by atoms with Gasteiger partial charge < -0.3 is 0 Å². The van der Waals surface area contributed by atoms with Gasteiger partial charge in [-0.25, -0.2) is 0 Å². The molecular weight excluding hydrogens is 385 g/mol. The number of alkyl halides is 2. The molecule has 0 amide bonds. The molecule has 0 aliphatic rings. The van der Waals surface area contributed by atoms with Crippen LogP contribution in [0.2, 0.25) is 0 Å². The summed E-state index contributed by atoms with van der Waals surface area (Å²) in [6.07, 6.45) is 0. The molecule has 3 heteroatoms. The zero-order chi connectivity index (χ0) is 8.27. The van der Waals surface area contributed by atoms with Crippen molar-refractivity contribution in [1.29, 1.82) is 0 Å². The predicted molar refractivity (Wildman–Crippen MR) is 66.4 cm³/mol. The van der Waals surface area contributed by atoms with E-state index >= 15 is 0 Å². The lowest BCUT2D eigenvalue weighted by Crippen LogP contribution is -1.88. The third-order valence-electron chi connectivity index (χ3n) is 1.46. The first-order chi connectivity index (χ1) is 5.27. The average molecular weight is 392 g/mol. The van der Waals surface area contributed by atoms with Gasteiger partial charge in [0.05, 0.1) is 0 Å². The summed E-state index contributed by atoms with van der Waals surface area (Å²) >= 11 is 10.4. The van der Waals surface area contributed by atoms with Crippen LogP contribution in [-0.4, -0.2) is 0 Å². The van der Waals surface area contributed by atoms with Gasteiger partial charge in [-0.05, 0) is 45.9 Å². The van der Waals surface area contributed by atoms with Gasteiger partial charge in [-0.15, -0.1) is 11.6 Å². The van der Waals surface area contributed by atoms with E-state index in [1.165, 1.54) is 14.7 Å². The molecule has 0 aromatic heterocycles. The van der Waals surface area contributed by atoms with Crippen LogP contribution in [-0.2, 0) is 10.3 Å². The number of rotatable bonds is 2. The summed E-state index contributed by atoms with van der Waals surface area (Å²) in [4.78, 5) is 0. The highest BCUT2D eigenvalue weighted by Crippen LogP contribution is 2.18. The highest BCUT2D eigenvalue weighted by atomic mass is 127. The zero-order valence-corrected chi connectivity index (χ0v) is 10.9. The number of hydrogen-bond donors (Lipinski definition) is 0. The Morgan fingerprint density at radius 2 is 2.00 bits per heavy atom. The molecule has 11 heavy (non-hydrogen) atoms. The monoisotopic (exact) mass is 392 g/mol. The summed E-state index contributed by atoms with van der Waals surface area (Å²) < 4.78 is 2.29. The fraction of sp³-hybridized carbons (Fsp3) is 0.250. The Morgan fingerprint density at radius 1 is 1.27 bits per heavy atom. The second-order valence-corrected chi connectivity index (χ2v) is 4.46. The van der Waals surface area contributed by atoms with Gasteiger partial charge in [0.25, 0.3) is 0 Å². The zero-order valence-electron chi connectivity index (χ0n) is 5.78. The molecule has 0 radical (unpaired) electrons. The molecule has 0 aliphatic carbocycles. The molecule has 0 saturated heterocycles. The number of benzene rings is 1. The van der Waals surface area contributed by atoms with E-state index < -0.39 is 0 Å². The maximum Gasteiger partial charge on any atom is 0.0477 e. The van der Waals surface area contributed by atoms with Crippen molar-refractivity contribution in [3.05, 3.63) is 32.9 Å². The molecule has 0 fully saturated rings. The van der Waals surface area contributed by atoms with E-state index in [0.717, 1.165) is 4.43 Å². The smallest absolute Gasteiger partial charge is 0.0477 e. The first-order valence-electron chi connectivity index (χ1n) is 3.17. The summed E-state index contributed by atoms with van der Waals surface area (Å²) in [5, 5.41) is 0. The van der Waals surface area contributed by atoms with E-state index in [1.54, 1.807) is 0 Å². The quantitative estimate of drug-likeness (QED) is 0.528. The summed E-state index contributed by atoms with van der Waals surface area (Å²) in [6, 6.07) is 6.40. The molecule has 0 spiro atoms. The van der Waals surface area contributed by atoms with Gasteiger partial charge in [-0.2, -0.15) is 0 Å². The van der Waals surface area contributed by atoms with Crippen LogP contribution >= 0.6 is 56.8 Å². The summed E-state index contributed by atoms with van der Waals surface area (Å²) in [5.74, 6) is 0.620. The van der Waals surface area contributed by atoms with Crippen molar-refractivity contribution in [3.63, 3.8) is 0 Å². The van der Waals surface area contributed by atoms with E-state index in [2.05, 4.69) is 63.4 Å². The highest BCUT2D eigenvalue weighted by molar-refractivity contribution is 14.1. The lowest BCUT2D eigenvalue weighted by atomic mass is 10.1. The third kappa shape index (κ3) is 2.73. The second-order valence-electron chi connectivity index (χ2n) is 2.18. The van der Waals surface area contributed by atoms with Crippen molar-refractivity contribution < 1.29 is 0 Å². The normalized spacial score (nSPS) is 10.1. The standard InChI is InChI=1S/C8H7ClI2/c9-4-7-3-8(11)2-1-6(7)5-10/h1-3H,4-5H2. The van der Waals surface area contributed by atoms with Crippen LogP contribution in [0.4, 0.5) is 0 Å². The van der Waals surface area contributed by atoms with E-state index in [1.807, 2.05) is 0 Å². The van der Waals surface area contributed by atoms with Crippen LogP contribution in [0.5, 0.6) is 0 Å². The van der Waals surface area contributed by atoms with Gasteiger partial charge in [0, 0.05) is 13.9 Å². The first kappa shape index (κ1) is 10.1. The molecule has 60 valence electrons. The Balaban J connectivity index is 3.06. The molecule has 1 rings (SSSR count). The molecular formula is C8H7ClI2. The van der Waals surface area contributed by atoms with Crippen molar-refractivity contribution in [2.24, 2.45) is 0 Å². The van der Waals surface area contributed by atoms with Gasteiger partial charge >= 0.3 is 0 Å². The van der Waals surface area contributed by atoms with Crippen LogP contribution in [0.25, 0.3) is 0 Å². The van der Waals surface area contributed by atoms with Gasteiger partial charge in [-0.1, -0.05) is 28.7 Å². The fourth-order valence-electron chi connectivity index (χ4n) is 0.849. The third-order valence-corrected chi connectivity index (χ3v) is 3.24. The van der Waals surface area contributed by atoms with Gasteiger partial charge in [0.15, 0.2) is 0 Å². The minimum Gasteiger partial charge on any atom is -0.122 e. The Hall–Kier alpha value is 0.970. The van der Waals surface area contributed by atoms with Gasteiger partial charge in [0.2, 0.25) is 0 Å². The lowest BCUT2D eigenvalue weighted by molar-refractivity contribution is 1.28. The van der Waals surface area contributed by atoms with E-state index in [4.69, 9.17) is 11.6 Å². The summed E-state index contributed by atoms with van der Waals surface area (Å²) in [7, 11) is 0. The van der Waals surface area contributed by atoms with Crippen LogP contribution in [0, 0.1) is 3.57 Å². The molecule has 0 heterocycles. The minimum atomic E-state index is 0.620. The maximum atomic E-state index is 5.78. The molecule has 0 bridgehead atoms. The van der Waals surface area contributed by atoms with Gasteiger partial charge in [0.1, 0.15) is 0 Å². The van der Waals surface area contributed by atoms with Crippen LogP contribution < -0.4 is 0 Å². The van der Waals surface area contributed by atoms with Crippen LogP contribution in [0.15, 0.2) is 18.2 Å². The lowest BCUT2D eigenvalue weighted by Gasteiger charge is -2.03. The van der Waals surface area contributed by atoms with E-state index in [-0.39, 0.29) is 0 Å². The molecule has 0 unspecified atom stereocenters. The van der Waals surface area contributed by atoms with Crippen molar-refractivity contribution in [1.82, 2.24) is 0 Å². The molecule has 0 atom stereocenters. The Bertz CT molecular complexity index is 248. The van der Waals surface area contributed by atoms with E-state index in [9.17, 15) is 0 Å². The molecule has 0 saturated carbocycles. The first-order valence-corrected chi connectivity index (χ1v) is 6.31. The highest BCUT2D eigenvalue weighted by Gasteiger charge is 1.99. The molecule has 0 nitrogen and oxygen atoms in total. The van der Waals surface area contributed by atoms with Gasteiger partial charge in [-0.3, -0.25) is 0 Å². The Kier molecular flexibility index (Phi) is 4.45. The van der Waals surface area contributed by atoms with E-state index in [0.29, 0.717) is 5.88 Å². The van der Waals surface area contributed by atoms with Crippen LogP contribution in [0.1, 0.15) is 11.1 Å². The molecule has 1 aromatic rings. The maximum absolute atomic E-state index is 5.78. The predicted octanol–water partition coefficient (Wildman–Crippen LogP) is 3.97. The van der Waals surface area contributed by atoms with Crippen molar-refractivity contribution in [2.45, 2.75) is 10.3 Å². The average Bonchev–Trinajstić information content (AvgIpc) is 2.04. The molecule has 0 N–H and O–H groups in total. The second kappa shape index (κ2) is 4.87. The SMILES string of the molecule is ClCc1cc(I)ccc1CI. The Morgan fingerprint density at radius 3 is 2.55 bits per heavy atom.